The molecule has 0 saturated carbocycles. The molecule has 3 unspecified atom stereocenters. The summed E-state index contributed by atoms with van der Waals surface area (Å²) in [5.41, 5.74) is 13.0. The van der Waals surface area contributed by atoms with Crippen LogP contribution in [0.1, 0.15) is 50.2 Å². The molecular formula is C29H38ClN4O6+. The lowest BCUT2D eigenvalue weighted by atomic mass is 10.00. The highest BCUT2D eigenvalue weighted by Crippen LogP contribution is 2.36. The smallest absolute Gasteiger partial charge is 0.435 e. The van der Waals surface area contributed by atoms with E-state index in [0.717, 1.165) is 16.0 Å². The number of quaternary nitrogens is 1. The molecule has 1 saturated heterocycles. The molecule has 0 radical (unpaired) electrons. The van der Waals surface area contributed by atoms with E-state index in [1.54, 1.807) is 31.2 Å². The number of nitrogens with two attached hydrogens (primary N) is 2. The van der Waals surface area contributed by atoms with E-state index < -0.39 is 59.1 Å². The molecule has 0 spiro atoms. The molecule has 1 aliphatic heterocycles. The second kappa shape index (κ2) is 13.8. The van der Waals surface area contributed by atoms with Crippen LogP contribution in [0.3, 0.4) is 0 Å². The van der Waals surface area contributed by atoms with E-state index in [0.29, 0.717) is 24.3 Å². The van der Waals surface area contributed by atoms with Gasteiger partial charge in [0.2, 0.25) is 18.0 Å². The number of likely N-dealkylation sites (tertiary alicyclic amines) is 1. The summed E-state index contributed by atoms with van der Waals surface area (Å²) < 4.78 is -0.697. The van der Waals surface area contributed by atoms with Crippen LogP contribution in [0.25, 0.3) is 0 Å². The second-order valence-electron chi connectivity index (χ2n) is 10.4. The predicted octanol–water partition coefficient (Wildman–Crippen LogP) is 2.83. The fourth-order valence-corrected chi connectivity index (χ4v) is 5.72. The number of primary amides is 1. The standard InChI is InChI=1S/C29H37ClN4O6/c1-19-6-5-17-34(19,29(39)40)27(24(35)15-11-20-7-3-2-4-8-20)33(28(38)23(31)18-25(32)36)26(37)16-12-21-9-13-22(30)14-10-21/h2-4,7-10,13-14,19,23-24,27,35H,5-6,11-12,15-18,31H2,1H3,(H2-,32,36,39,40)/p+1/t19-,23+,24?,27?,34?/m1/s1. The Labute approximate surface area is 239 Å². The summed E-state index contributed by atoms with van der Waals surface area (Å²) in [5, 5.41) is 22.7. The van der Waals surface area contributed by atoms with Crippen LogP contribution in [-0.2, 0) is 27.2 Å². The molecule has 3 rings (SSSR count). The molecule has 10 nitrogen and oxygen atoms in total. The molecule has 0 aromatic heterocycles. The highest BCUT2D eigenvalue weighted by Gasteiger charge is 2.59. The van der Waals surface area contributed by atoms with E-state index in [1.807, 2.05) is 30.3 Å². The molecule has 4 amide bonds. The minimum absolute atomic E-state index is 0.0913. The van der Waals surface area contributed by atoms with Gasteiger partial charge in [-0.3, -0.25) is 14.4 Å². The minimum Gasteiger partial charge on any atom is -0.435 e. The number of carboxylic acid groups (broad SMARTS) is 1. The number of hydrogen-bond donors (Lipinski definition) is 4. The summed E-state index contributed by atoms with van der Waals surface area (Å²) in [7, 11) is 0. The van der Waals surface area contributed by atoms with E-state index in [1.165, 1.54) is 0 Å². The van der Waals surface area contributed by atoms with E-state index in [-0.39, 0.29) is 25.8 Å². The second-order valence-corrected chi connectivity index (χ2v) is 10.9. The minimum atomic E-state index is -1.48. The molecule has 1 fully saturated rings. The largest absolute Gasteiger partial charge is 0.515 e. The number of aliphatic hydroxyl groups is 1. The van der Waals surface area contributed by atoms with Crippen molar-refractivity contribution in [3.05, 3.63) is 70.7 Å². The van der Waals surface area contributed by atoms with E-state index in [4.69, 9.17) is 23.1 Å². The Morgan fingerprint density at radius 3 is 2.23 bits per heavy atom. The fourth-order valence-electron chi connectivity index (χ4n) is 5.59. The zero-order valence-corrected chi connectivity index (χ0v) is 23.4. The first-order valence-electron chi connectivity index (χ1n) is 13.4. The summed E-state index contributed by atoms with van der Waals surface area (Å²) >= 11 is 5.97. The van der Waals surface area contributed by atoms with Crippen LogP contribution in [0.5, 0.6) is 0 Å². The average molecular weight is 574 g/mol. The van der Waals surface area contributed by atoms with Crippen LogP contribution in [0, 0.1) is 0 Å². The number of carbonyl (C=O) groups excluding carboxylic acids is 3. The van der Waals surface area contributed by atoms with Gasteiger partial charge in [-0.25, -0.2) is 4.90 Å². The number of halogens is 1. The molecule has 0 aliphatic carbocycles. The third-order valence-electron chi connectivity index (χ3n) is 7.73. The number of imide groups is 1. The van der Waals surface area contributed by atoms with Crippen molar-refractivity contribution in [1.29, 1.82) is 0 Å². The molecule has 40 heavy (non-hydrogen) atoms. The topological polar surface area (TPSA) is 164 Å². The van der Waals surface area contributed by atoms with Gasteiger partial charge in [-0.2, -0.15) is 9.28 Å². The zero-order chi connectivity index (χ0) is 29.4. The van der Waals surface area contributed by atoms with Gasteiger partial charge in [0.1, 0.15) is 6.10 Å². The SMILES string of the molecule is C[C@@H]1CCC[N+]1(C(=O)O)C(C(O)CCc1ccccc1)N(C(=O)CCc1ccc(Cl)cc1)C(=O)[C@@H](N)CC(N)=O. The number of rotatable bonds is 12. The molecule has 11 heteroatoms. The van der Waals surface area contributed by atoms with Gasteiger partial charge in [0.25, 0.3) is 5.91 Å². The van der Waals surface area contributed by atoms with Crippen molar-refractivity contribution < 1.29 is 33.9 Å². The Hall–Kier alpha value is -3.31. The normalized spacial score (nSPS) is 20.9. The molecule has 2 aromatic rings. The lowest BCUT2D eigenvalue weighted by Crippen LogP contribution is -2.73. The molecule has 1 aliphatic rings. The van der Waals surface area contributed by atoms with Gasteiger partial charge >= 0.3 is 6.09 Å². The van der Waals surface area contributed by atoms with Crippen molar-refractivity contribution in [2.24, 2.45) is 11.5 Å². The Balaban J connectivity index is 2.04. The summed E-state index contributed by atoms with van der Waals surface area (Å²) in [4.78, 5) is 53.0. The maximum Gasteiger partial charge on any atom is 0.515 e. The first kappa shape index (κ1) is 31.2. The quantitative estimate of drug-likeness (QED) is 0.283. The van der Waals surface area contributed by atoms with Gasteiger partial charge in [0.15, 0.2) is 0 Å². The van der Waals surface area contributed by atoms with Gasteiger partial charge in [-0.05, 0) is 49.4 Å². The Kier molecular flexibility index (Phi) is 10.8. The molecular weight excluding hydrogens is 536 g/mol. The van der Waals surface area contributed by atoms with Crippen molar-refractivity contribution >= 4 is 35.4 Å². The van der Waals surface area contributed by atoms with Crippen molar-refractivity contribution in [2.75, 3.05) is 6.54 Å². The molecule has 2 aromatic carbocycles. The molecule has 1 heterocycles. The number of benzene rings is 2. The number of amides is 4. The maximum atomic E-state index is 13.9. The van der Waals surface area contributed by atoms with Gasteiger partial charge in [0, 0.05) is 24.3 Å². The van der Waals surface area contributed by atoms with Gasteiger partial charge in [-0.15, -0.1) is 0 Å². The van der Waals surface area contributed by atoms with Crippen molar-refractivity contribution in [1.82, 2.24) is 4.90 Å². The molecule has 0 bridgehead atoms. The summed E-state index contributed by atoms with van der Waals surface area (Å²) in [5.74, 6) is -2.48. The number of aryl methyl sites for hydroxylation is 2. The molecule has 5 atom stereocenters. The fraction of sp³-hybridized carbons (Fsp3) is 0.448. The first-order chi connectivity index (χ1) is 19.0. The predicted molar refractivity (Wildman–Crippen MR) is 150 cm³/mol. The van der Waals surface area contributed by atoms with Crippen LogP contribution < -0.4 is 11.5 Å². The van der Waals surface area contributed by atoms with Crippen LogP contribution in [0.15, 0.2) is 54.6 Å². The van der Waals surface area contributed by atoms with Crippen molar-refractivity contribution in [2.45, 2.75) is 76.2 Å². The van der Waals surface area contributed by atoms with Crippen molar-refractivity contribution in [3.8, 4) is 0 Å². The summed E-state index contributed by atoms with van der Waals surface area (Å²) in [6.45, 7) is 1.85. The van der Waals surface area contributed by atoms with Gasteiger partial charge < -0.3 is 21.7 Å². The van der Waals surface area contributed by atoms with Gasteiger partial charge in [0.05, 0.1) is 25.0 Å². The molecule has 216 valence electrons. The molecule has 6 N–H and O–H groups in total. The lowest BCUT2D eigenvalue weighted by molar-refractivity contribution is -0.904. The summed E-state index contributed by atoms with van der Waals surface area (Å²) in [6.07, 6.45) is -3.01. The average Bonchev–Trinajstić information content (AvgIpc) is 3.31. The Morgan fingerprint density at radius 2 is 1.68 bits per heavy atom. The summed E-state index contributed by atoms with van der Waals surface area (Å²) in [6, 6.07) is 14.2. The maximum absolute atomic E-state index is 13.9. The number of nitrogens with zero attached hydrogens (tertiary/aromatic N) is 2. The third-order valence-corrected chi connectivity index (χ3v) is 7.98. The van der Waals surface area contributed by atoms with Gasteiger partial charge in [-0.1, -0.05) is 54.1 Å². The number of hydrogen-bond acceptors (Lipinski definition) is 6. The Morgan fingerprint density at radius 1 is 1.05 bits per heavy atom. The highest BCUT2D eigenvalue weighted by molar-refractivity contribution is 6.30. The third kappa shape index (κ3) is 7.25. The van der Waals surface area contributed by atoms with Crippen molar-refractivity contribution in [3.63, 3.8) is 0 Å². The zero-order valence-electron chi connectivity index (χ0n) is 22.6. The number of carbonyl (C=O) groups is 4. The van der Waals surface area contributed by atoms with Crippen LogP contribution in [0.2, 0.25) is 5.02 Å². The number of aliphatic hydroxyl groups excluding tert-OH is 1. The lowest BCUT2D eigenvalue weighted by Gasteiger charge is -2.46. The monoisotopic (exact) mass is 573 g/mol. The van der Waals surface area contributed by atoms with E-state index >= 15 is 0 Å². The van der Waals surface area contributed by atoms with Crippen LogP contribution in [0.4, 0.5) is 4.79 Å². The van der Waals surface area contributed by atoms with E-state index in [2.05, 4.69) is 0 Å². The van der Waals surface area contributed by atoms with E-state index in [9.17, 15) is 29.4 Å². The first-order valence-corrected chi connectivity index (χ1v) is 13.8. The van der Waals surface area contributed by atoms with Crippen LogP contribution in [-0.4, -0.2) is 74.3 Å². The van der Waals surface area contributed by atoms with Crippen LogP contribution >= 0.6 is 11.6 Å². The highest BCUT2D eigenvalue weighted by atomic mass is 35.5. The Bertz CT molecular complexity index is 1190.